The lowest BCUT2D eigenvalue weighted by atomic mass is 10.1. The third-order valence-corrected chi connectivity index (χ3v) is 4.70. The number of carbonyl (C=O) groups excluding carboxylic acids is 2. The van der Waals surface area contributed by atoms with E-state index in [0.29, 0.717) is 17.4 Å². The number of benzene rings is 2. The molecule has 4 rings (SSSR count). The number of amides is 2. The molecule has 1 aliphatic heterocycles. The van der Waals surface area contributed by atoms with Gasteiger partial charge in [-0.25, -0.2) is 14.0 Å². The Balaban J connectivity index is 1.46. The van der Waals surface area contributed by atoms with Crippen molar-refractivity contribution in [3.63, 3.8) is 0 Å². The fourth-order valence-corrected chi connectivity index (χ4v) is 3.25. The molecule has 3 aromatic rings. The molecule has 0 radical (unpaired) electrons. The molecule has 1 N–H and O–H groups in total. The Labute approximate surface area is 195 Å². The van der Waals surface area contributed by atoms with Crippen molar-refractivity contribution in [2.24, 2.45) is 0 Å². The van der Waals surface area contributed by atoms with Crippen LogP contribution in [0.4, 0.5) is 19.7 Å². The Morgan fingerprint density at radius 1 is 1.21 bits per heavy atom. The lowest BCUT2D eigenvalue weighted by Gasteiger charge is -2.28. The molecule has 0 saturated heterocycles. The quantitative estimate of drug-likeness (QED) is 0.546. The number of hydrogen-bond acceptors (Lipinski definition) is 7. The third kappa shape index (κ3) is 5.58. The number of halogens is 1. The standard InChI is InChI=1S/C24H23FN4O5/c1-24(2,3)34-22(30)27-18-7-4-6-16(21(18)25)14-29-13-15-9-10-17(12-19(15)33-23(29)31)32-20-8-5-11-26-28-20/h4-12H,13-14H2,1-3H3,(H,27,30). The van der Waals surface area contributed by atoms with Crippen molar-refractivity contribution in [1.82, 2.24) is 15.1 Å². The van der Waals surface area contributed by atoms with Crippen LogP contribution in [0, 0.1) is 5.82 Å². The first-order chi connectivity index (χ1) is 16.2. The minimum Gasteiger partial charge on any atom is -0.444 e. The summed E-state index contributed by atoms with van der Waals surface area (Å²) in [6, 6.07) is 13.0. The van der Waals surface area contributed by atoms with Crippen LogP contribution >= 0.6 is 0 Å². The molecule has 0 saturated carbocycles. The van der Waals surface area contributed by atoms with Crippen molar-refractivity contribution in [2.45, 2.75) is 39.5 Å². The van der Waals surface area contributed by atoms with Crippen LogP contribution in [0.1, 0.15) is 31.9 Å². The summed E-state index contributed by atoms with van der Waals surface area (Å²) in [5, 5.41) is 10.0. The summed E-state index contributed by atoms with van der Waals surface area (Å²) in [6.07, 6.45) is 0.130. The van der Waals surface area contributed by atoms with Crippen molar-refractivity contribution < 1.29 is 28.2 Å². The van der Waals surface area contributed by atoms with Gasteiger partial charge in [-0.15, -0.1) is 5.10 Å². The Hall–Kier alpha value is -4.21. The molecule has 1 aliphatic rings. The number of ether oxygens (including phenoxy) is 3. The second-order valence-corrected chi connectivity index (χ2v) is 8.56. The second kappa shape index (κ2) is 9.34. The summed E-state index contributed by atoms with van der Waals surface area (Å²) in [6.45, 7) is 5.30. The Kier molecular flexibility index (Phi) is 6.31. The van der Waals surface area contributed by atoms with Crippen molar-refractivity contribution in [3.8, 4) is 17.4 Å². The summed E-state index contributed by atoms with van der Waals surface area (Å²) in [7, 11) is 0. The summed E-state index contributed by atoms with van der Waals surface area (Å²) < 4.78 is 31.3. The number of nitrogens with zero attached hydrogens (tertiary/aromatic N) is 3. The molecule has 2 heterocycles. The molecule has 176 valence electrons. The van der Waals surface area contributed by atoms with Crippen molar-refractivity contribution in [2.75, 3.05) is 5.32 Å². The van der Waals surface area contributed by atoms with E-state index in [9.17, 15) is 9.59 Å². The topological polar surface area (TPSA) is 103 Å². The number of fused-ring (bicyclic) bond motifs is 1. The monoisotopic (exact) mass is 466 g/mol. The van der Waals surface area contributed by atoms with Crippen LogP contribution in [0.25, 0.3) is 0 Å². The van der Waals surface area contributed by atoms with E-state index in [2.05, 4.69) is 15.5 Å². The highest BCUT2D eigenvalue weighted by atomic mass is 19.1. The van der Waals surface area contributed by atoms with Gasteiger partial charge in [0.1, 0.15) is 17.1 Å². The fraction of sp³-hybridized carbons (Fsp3) is 0.250. The zero-order chi connectivity index (χ0) is 24.3. The smallest absolute Gasteiger partial charge is 0.415 e. The summed E-state index contributed by atoms with van der Waals surface area (Å²) in [4.78, 5) is 26.0. The van der Waals surface area contributed by atoms with Gasteiger partial charge in [-0.1, -0.05) is 12.1 Å². The average Bonchev–Trinajstić information content (AvgIpc) is 2.76. The predicted molar refractivity (Wildman–Crippen MR) is 120 cm³/mol. The van der Waals surface area contributed by atoms with Crippen LogP contribution in [0.2, 0.25) is 0 Å². The minimum absolute atomic E-state index is 0.0386. The largest absolute Gasteiger partial charge is 0.444 e. The first-order valence-electron chi connectivity index (χ1n) is 10.5. The lowest BCUT2D eigenvalue weighted by molar-refractivity contribution is 0.0635. The number of anilines is 1. The first kappa shape index (κ1) is 23.0. The van der Waals surface area contributed by atoms with E-state index in [1.54, 1.807) is 57.2 Å². The van der Waals surface area contributed by atoms with Crippen molar-refractivity contribution in [1.29, 1.82) is 0 Å². The molecule has 34 heavy (non-hydrogen) atoms. The molecular formula is C24H23FN4O5. The van der Waals surface area contributed by atoms with Crippen LogP contribution in [-0.2, 0) is 17.8 Å². The van der Waals surface area contributed by atoms with Crippen LogP contribution in [0.5, 0.6) is 17.4 Å². The van der Waals surface area contributed by atoms with Crippen molar-refractivity contribution >= 4 is 17.9 Å². The highest BCUT2D eigenvalue weighted by molar-refractivity contribution is 5.85. The molecule has 1 aromatic heterocycles. The molecule has 0 unspecified atom stereocenters. The van der Waals surface area contributed by atoms with Crippen LogP contribution in [0.15, 0.2) is 54.7 Å². The van der Waals surface area contributed by atoms with Gasteiger partial charge < -0.3 is 14.2 Å². The number of carbonyl (C=O) groups is 2. The molecule has 0 aliphatic carbocycles. The van der Waals surface area contributed by atoms with Crippen LogP contribution < -0.4 is 14.8 Å². The highest BCUT2D eigenvalue weighted by Crippen LogP contribution is 2.33. The van der Waals surface area contributed by atoms with Gasteiger partial charge in [0.2, 0.25) is 5.88 Å². The van der Waals surface area contributed by atoms with E-state index in [4.69, 9.17) is 14.2 Å². The molecule has 10 heteroatoms. The van der Waals surface area contributed by atoms with Gasteiger partial charge in [0.05, 0.1) is 18.8 Å². The maximum atomic E-state index is 15.0. The highest BCUT2D eigenvalue weighted by Gasteiger charge is 2.27. The zero-order valence-corrected chi connectivity index (χ0v) is 18.9. The number of nitrogens with one attached hydrogen (secondary N) is 1. The lowest BCUT2D eigenvalue weighted by Crippen LogP contribution is -2.36. The normalized spacial score (nSPS) is 13.1. The first-order valence-corrected chi connectivity index (χ1v) is 10.5. The van der Waals surface area contributed by atoms with Crippen molar-refractivity contribution in [3.05, 3.63) is 71.7 Å². The maximum Gasteiger partial charge on any atom is 0.415 e. The van der Waals surface area contributed by atoms with E-state index in [1.165, 1.54) is 23.2 Å². The average molecular weight is 466 g/mol. The molecule has 2 aromatic carbocycles. The Morgan fingerprint density at radius 3 is 2.76 bits per heavy atom. The van der Waals surface area contributed by atoms with Gasteiger partial charge in [0, 0.05) is 29.5 Å². The predicted octanol–water partition coefficient (Wildman–Crippen LogP) is 5.27. The summed E-state index contributed by atoms with van der Waals surface area (Å²) >= 11 is 0. The fourth-order valence-electron chi connectivity index (χ4n) is 3.25. The Bertz CT molecular complexity index is 1210. The van der Waals surface area contributed by atoms with E-state index in [1.807, 2.05) is 0 Å². The summed E-state index contributed by atoms with van der Waals surface area (Å²) in [5.74, 6) is 0.442. The zero-order valence-electron chi connectivity index (χ0n) is 18.9. The van der Waals surface area contributed by atoms with Crippen LogP contribution in [-0.4, -0.2) is 32.9 Å². The van der Waals surface area contributed by atoms with E-state index in [-0.39, 0.29) is 24.3 Å². The minimum atomic E-state index is -0.769. The molecule has 0 bridgehead atoms. The number of hydrogen-bond donors (Lipinski definition) is 1. The molecule has 9 nitrogen and oxygen atoms in total. The van der Waals surface area contributed by atoms with Gasteiger partial charge >= 0.3 is 12.2 Å². The van der Waals surface area contributed by atoms with Crippen LogP contribution in [0.3, 0.4) is 0 Å². The number of rotatable bonds is 5. The number of aromatic nitrogens is 2. The Morgan fingerprint density at radius 2 is 2.03 bits per heavy atom. The van der Waals surface area contributed by atoms with Gasteiger partial charge in [0.25, 0.3) is 0 Å². The van der Waals surface area contributed by atoms with Gasteiger partial charge in [-0.05, 0) is 45.0 Å². The van der Waals surface area contributed by atoms with Gasteiger partial charge in [-0.2, -0.15) is 5.10 Å². The second-order valence-electron chi connectivity index (χ2n) is 8.56. The SMILES string of the molecule is CC(C)(C)OC(=O)Nc1cccc(CN2Cc3ccc(Oc4cccnn4)cc3OC2=O)c1F. The maximum absolute atomic E-state index is 15.0. The third-order valence-electron chi connectivity index (χ3n) is 4.70. The molecule has 2 amide bonds. The van der Waals surface area contributed by atoms with E-state index in [0.717, 1.165) is 5.56 Å². The molecule has 0 fully saturated rings. The summed E-state index contributed by atoms with van der Waals surface area (Å²) in [5.41, 5.74) is 0.192. The van der Waals surface area contributed by atoms with E-state index >= 15 is 4.39 Å². The van der Waals surface area contributed by atoms with Gasteiger partial charge in [-0.3, -0.25) is 10.2 Å². The van der Waals surface area contributed by atoms with Gasteiger partial charge in [0.15, 0.2) is 5.82 Å². The molecule has 0 atom stereocenters. The molecule has 0 spiro atoms. The molecular weight excluding hydrogens is 443 g/mol. The van der Waals surface area contributed by atoms with E-state index < -0.39 is 23.6 Å².